The van der Waals surface area contributed by atoms with Crippen LogP contribution in [0.4, 0.5) is 0 Å². The number of rotatable bonds is 16. The lowest BCUT2D eigenvalue weighted by molar-refractivity contribution is -0.166. The molecule has 13 nitrogen and oxygen atoms in total. The number of aryl methyl sites for hydroxylation is 1. The number of Topliss-reactive ketones (excluding diaryl/α,β-unsaturated/α-hetero) is 1. The number of piperazine rings is 1. The molecule has 0 aromatic heterocycles. The summed E-state index contributed by atoms with van der Waals surface area (Å²) >= 11 is 0. The second kappa shape index (κ2) is 16.6. The molecule has 1 aliphatic rings. The van der Waals surface area contributed by atoms with Crippen molar-refractivity contribution in [2.24, 2.45) is 5.41 Å². The molecule has 3 rings (SSSR count). The average molecular weight is 655 g/mol. The molecule has 0 spiro atoms. The first kappa shape index (κ1) is 36.6. The van der Waals surface area contributed by atoms with Crippen molar-refractivity contribution in [3.05, 3.63) is 66.2 Å². The fourth-order valence-corrected chi connectivity index (χ4v) is 4.96. The Morgan fingerprint density at radius 1 is 1.04 bits per heavy atom. The van der Waals surface area contributed by atoms with Gasteiger partial charge in [-0.1, -0.05) is 24.8 Å². The first-order valence-corrected chi connectivity index (χ1v) is 15.0. The van der Waals surface area contributed by atoms with E-state index in [0.717, 1.165) is 11.6 Å². The molecule has 1 N–H and O–H groups in total. The minimum atomic E-state index is -1.36. The quantitative estimate of drug-likeness (QED) is 0.161. The highest BCUT2D eigenvalue weighted by molar-refractivity contribution is 6.38. The molecule has 1 heterocycles. The summed E-state index contributed by atoms with van der Waals surface area (Å²) in [6.07, 6.45) is 0.881. The van der Waals surface area contributed by atoms with Crippen molar-refractivity contribution < 1.29 is 52.8 Å². The molecule has 13 heteroatoms. The zero-order valence-corrected chi connectivity index (χ0v) is 27.4. The van der Waals surface area contributed by atoms with Crippen LogP contribution in [0.15, 0.2) is 55.1 Å². The SMILES string of the molecule is C=CC(=O)OCC(C)(C)C(=O)C(=O)N1CCN(C)CC1C(=O)O[C@H](CCc1ccc(OC)c(OC)c1)c1cccc(OCC(=O)O)c1. The van der Waals surface area contributed by atoms with Gasteiger partial charge in [-0.15, -0.1) is 0 Å². The molecule has 0 aliphatic carbocycles. The van der Waals surface area contributed by atoms with Gasteiger partial charge in [0, 0.05) is 25.7 Å². The monoisotopic (exact) mass is 654 g/mol. The second-order valence-corrected chi connectivity index (χ2v) is 11.7. The molecule has 0 saturated carbocycles. The number of methoxy groups -OCH3 is 2. The van der Waals surface area contributed by atoms with Crippen LogP contribution < -0.4 is 14.2 Å². The zero-order valence-electron chi connectivity index (χ0n) is 27.4. The van der Waals surface area contributed by atoms with Crippen molar-refractivity contribution in [1.82, 2.24) is 9.80 Å². The molecule has 1 saturated heterocycles. The number of likely N-dealkylation sites (N-methyl/N-ethyl adjacent to an activating group) is 1. The standard InChI is InChI=1S/C34H42N2O11/c1-7-30(39)46-21-34(2,3)31(40)32(41)36-16-15-35(4)19-25(36)33(42)47-26(23-9-8-10-24(18-23)45-20-29(37)38)13-11-22-12-14-27(43-5)28(17-22)44-6/h7-10,12,14,17-18,25-26H,1,11,13,15-16,19-21H2,2-6H3,(H,37,38)/t25?,26-/m1/s1. The third-order valence-corrected chi connectivity index (χ3v) is 7.66. The Balaban J connectivity index is 1.88. The number of carboxylic acid groups (broad SMARTS) is 1. The number of amides is 1. The number of carboxylic acids is 1. The molecule has 47 heavy (non-hydrogen) atoms. The van der Waals surface area contributed by atoms with Gasteiger partial charge in [0.2, 0.25) is 5.78 Å². The highest BCUT2D eigenvalue weighted by Crippen LogP contribution is 2.32. The molecular formula is C34H42N2O11. The Morgan fingerprint density at radius 2 is 1.77 bits per heavy atom. The summed E-state index contributed by atoms with van der Waals surface area (Å²) in [5.41, 5.74) is 0.0671. The van der Waals surface area contributed by atoms with E-state index in [9.17, 15) is 24.0 Å². The van der Waals surface area contributed by atoms with Crippen LogP contribution in [0.25, 0.3) is 0 Å². The number of nitrogens with zero attached hydrogens (tertiary/aromatic N) is 2. The van der Waals surface area contributed by atoms with Gasteiger partial charge in [0.15, 0.2) is 18.1 Å². The van der Waals surface area contributed by atoms with Crippen LogP contribution in [0.3, 0.4) is 0 Å². The van der Waals surface area contributed by atoms with Crippen LogP contribution in [0, 0.1) is 5.41 Å². The van der Waals surface area contributed by atoms with E-state index in [0.29, 0.717) is 36.4 Å². The molecule has 1 unspecified atom stereocenters. The summed E-state index contributed by atoms with van der Waals surface area (Å²) in [6, 6.07) is 10.9. The molecule has 2 aromatic carbocycles. The normalized spacial score (nSPS) is 15.6. The van der Waals surface area contributed by atoms with Crippen LogP contribution in [-0.4, -0.2) is 105 Å². The van der Waals surface area contributed by atoms with Crippen molar-refractivity contribution in [1.29, 1.82) is 0 Å². The lowest BCUT2D eigenvalue weighted by Crippen LogP contribution is -2.60. The highest BCUT2D eigenvalue weighted by Gasteiger charge is 2.43. The van der Waals surface area contributed by atoms with Crippen LogP contribution in [-0.2, 0) is 39.9 Å². The van der Waals surface area contributed by atoms with Gasteiger partial charge in [-0.25, -0.2) is 14.4 Å². The van der Waals surface area contributed by atoms with E-state index in [2.05, 4.69) is 6.58 Å². The molecular weight excluding hydrogens is 612 g/mol. The summed E-state index contributed by atoms with van der Waals surface area (Å²) in [6.45, 7) is 6.03. The van der Waals surface area contributed by atoms with Gasteiger partial charge >= 0.3 is 17.9 Å². The molecule has 2 aromatic rings. The van der Waals surface area contributed by atoms with Gasteiger partial charge in [0.1, 0.15) is 24.5 Å². The number of carbonyl (C=O) groups is 5. The van der Waals surface area contributed by atoms with Gasteiger partial charge in [-0.3, -0.25) is 9.59 Å². The molecule has 254 valence electrons. The van der Waals surface area contributed by atoms with Gasteiger partial charge < -0.3 is 38.6 Å². The molecule has 0 radical (unpaired) electrons. The Labute approximate surface area is 274 Å². The van der Waals surface area contributed by atoms with Crippen molar-refractivity contribution in [3.8, 4) is 17.2 Å². The van der Waals surface area contributed by atoms with Crippen LogP contribution in [0.1, 0.15) is 37.5 Å². The van der Waals surface area contributed by atoms with Gasteiger partial charge in [-0.2, -0.15) is 0 Å². The molecule has 1 amide bonds. The summed E-state index contributed by atoms with van der Waals surface area (Å²) in [7, 11) is 4.86. The Kier molecular flexibility index (Phi) is 12.9. The van der Waals surface area contributed by atoms with Gasteiger partial charge in [0.25, 0.3) is 5.91 Å². The fraction of sp³-hybridized carbons (Fsp3) is 0.441. The number of benzene rings is 2. The molecule has 2 atom stereocenters. The summed E-state index contributed by atoms with van der Waals surface area (Å²) in [5.74, 6) is -2.92. The predicted molar refractivity (Wildman–Crippen MR) is 169 cm³/mol. The lowest BCUT2D eigenvalue weighted by Gasteiger charge is -2.39. The van der Waals surface area contributed by atoms with E-state index in [1.807, 2.05) is 17.0 Å². The van der Waals surface area contributed by atoms with Crippen molar-refractivity contribution >= 4 is 29.6 Å². The average Bonchev–Trinajstić information content (AvgIpc) is 3.07. The maximum absolute atomic E-state index is 13.9. The number of esters is 2. The smallest absolute Gasteiger partial charge is 0.341 e. The Bertz CT molecular complexity index is 1470. The van der Waals surface area contributed by atoms with E-state index in [4.69, 9.17) is 28.8 Å². The minimum Gasteiger partial charge on any atom is -0.493 e. The van der Waals surface area contributed by atoms with Crippen molar-refractivity contribution in [3.63, 3.8) is 0 Å². The maximum atomic E-state index is 13.9. The predicted octanol–water partition coefficient (Wildman–Crippen LogP) is 2.85. The van der Waals surface area contributed by atoms with Crippen molar-refractivity contribution in [2.45, 2.75) is 38.8 Å². The largest absolute Gasteiger partial charge is 0.493 e. The summed E-state index contributed by atoms with van der Waals surface area (Å²) in [4.78, 5) is 66.5. The summed E-state index contributed by atoms with van der Waals surface area (Å²) in [5, 5.41) is 9.05. The highest BCUT2D eigenvalue weighted by atomic mass is 16.5. The zero-order chi connectivity index (χ0) is 34.7. The number of ketones is 1. The number of hydrogen-bond donors (Lipinski definition) is 1. The first-order chi connectivity index (χ1) is 22.3. The Morgan fingerprint density at radius 3 is 2.43 bits per heavy atom. The Hall–Kier alpha value is -4.91. The van der Waals surface area contributed by atoms with E-state index in [1.54, 1.807) is 37.4 Å². The first-order valence-electron chi connectivity index (χ1n) is 15.0. The second-order valence-electron chi connectivity index (χ2n) is 11.7. The van der Waals surface area contributed by atoms with Crippen LogP contribution in [0.2, 0.25) is 0 Å². The third kappa shape index (κ3) is 10.0. The molecule has 0 bridgehead atoms. The van der Waals surface area contributed by atoms with E-state index in [1.165, 1.54) is 33.0 Å². The summed E-state index contributed by atoms with van der Waals surface area (Å²) < 4.78 is 27.2. The van der Waals surface area contributed by atoms with E-state index < -0.39 is 53.8 Å². The number of ether oxygens (including phenoxy) is 5. The molecule has 1 aliphatic heterocycles. The van der Waals surface area contributed by atoms with E-state index in [-0.39, 0.29) is 25.4 Å². The number of carbonyl (C=O) groups excluding carboxylic acids is 4. The van der Waals surface area contributed by atoms with Crippen molar-refractivity contribution in [2.75, 3.05) is 54.1 Å². The minimum absolute atomic E-state index is 0.0954. The number of aliphatic carboxylic acids is 1. The maximum Gasteiger partial charge on any atom is 0.341 e. The van der Waals surface area contributed by atoms with Gasteiger partial charge in [-0.05, 0) is 69.1 Å². The van der Waals surface area contributed by atoms with Crippen LogP contribution in [0.5, 0.6) is 17.2 Å². The third-order valence-electron chi connectivity index (χ3n) is 7.66. The van der Waals surface area contributed by atoms with Crippen LogP contribution >= 0.6 is 0 Å². The lowest BCUT2D eigenvalue weighted by atomic mass is 9.87. The van der Waals surface area contributed by atoms with E-state index >= 15 is 0 Å². The number of hydrogen-bond acceptors (Lipinski definition) is 11. The molecule has 1 fully saturated rings. The topological polar surface area (TPSA) is 158 Å². The van der Waals surface area contributed by atoms with Gasteiger partial charge in [0.05, 0.1) is 19.6 Å². The fourth-order valence-electron chi connectivity index (χ4n) is 4.96.